The zero-order valence-corrected chi connectivity index (χ0v) is 19.6. The maximum absolute atomic E-state index is 12.9. The number of piperidine rings is 1. The number of nitrogens with zero attached hydrogens (tertiary/aromatic N) is 3. The second kappa shape index (κ2) is 11.4. The summed E-state index contributed by atoms with van der Waals surface area (Å²) in [5.41, 5.74) is -1.49. The standard InChI is InChI=1S/C22H23ClF6N4O3/c23-16-3-2-14(22(27,28)29)12-18(16)36-15-5-10-32(11-6-15)19(34)13-30-17-4-8-31-33(20(17)35)9-1-7-21(24,25)26/h2-4,8,12,15,30H,1,5-7,9-11,13H2. The highest BCUT2D eigenvalue weighted by Crippen LogP contribution is 2.36. The molecule has 7 nitrogen and oxygen atoms in total. The van der Waals surface area contributed by atoms with Crippen LogP contribution in [0.15, 0.2) is 35.3 Å². The minimum atomic E-state index is -4.54. The van der Waals surface area contributed by atoms with Gasteiger partial charge in [-0.2, -0.15) is 31.4 Å². The van der Waals surface area contributed by atoms with Gasteiger partial charge in [-0.1, -0.05) is 11.6 Å². The summed E-state index contributed by atoms with van der Waals surface area (Å²) in [6, 6.07) is 4.15. The van der Waals surface area contributed by atoms with Crippen LogP contribution in [0.5, 0.6) is 5.75 Å². The number of benzene rings is 1. The van der Waals surface area contributed by atoms with E-state index in [-0.39, 0.29) is 55.0 Å². The third-order valence-corrected chi connectivity index (χ3v) is 5.83. The van der Waals surface area contributed by atoms with Crippen LogP contribution in [0.1, 0.15) is 31.2 Å². The number of rotatable bonds is 8. The number of amides is 1. The van der Waals surface area contributed by atoms with E-state index in [0.717, 1.165) is 22.9 Å². The number of likely N-dealkylation sites (tertiary alicyclic amines) is 1. The molecule has 0 saturated carbocycles. The van der Waals surface area contributed by atoms with Crippen molar-refractivity contribution in [2.24, 2.45) is 0 Å². The van der Waals surface area contributed by atoms with Gasteiger partial charge in [0.05, 0.1) is 17.1 Å². The Morgan fingerprint density at radius 1 is 1.14 bits per heavy atom. The molecule has 2 aromatic rings. The largest absolute Gasteiger partial charge is 0.489 e. The lowest BCUT2D eigenvalue weighted by molar-refractivity contribution is -0.138. The maximum Gasteiger partial charge on any atom is 0.416 e. The number of anilines is 1. The van der Waals surface area contributed by atoms with Crippen molar-refractivity contribution in [2.75, 3.05) is 25.0 Å². The van der Waals surface area contributed by atoms with E-state index in [1.807, 2.05) is 0 Å². The molecule has 1 aromatic heterocycles. The monoisotopic (exact) mass is 540 g/mol. The van der Waals surface area contributed by atoms with Crippen LogP contribution in [0.4, 0.5) is 32.0 Å². The normalized spacial score (nSPS) is 15.1. The van der Waals surface area contributed by atoms with E-state index < -0.39 is 36.0 Å². The van der Waals surface area contributed by atoms with Gasteiger partial charge in [0.2, 0.25) is 5.91 Å². The van der Waals surface area contributed by atoms with Crippen molar-refractivity contribution >= 4 is 23.2 Å². The van der Waals surface area contributed by atoms with Crippen LogP contribution in [0.25, 0.3) is 0 Å². The first kappa shape index (κ1) is 27.6. The van der Waals surface area contributed by atoms with E-state index in [1.54, 1.807) is 0 Å². The minimum Gasteiger partial charge on any atom is -0.489 e. The van der Waals surface area contributed by atoms with Crippen molar-refractivity contribution in [1.82, 2.24) is 14.7 Å². The summed E-state index contributed by atoms with van der Waals surface area (Å²) >= 11 is 5.97. The van der Waals surface area contributed by atoms with E-state index in [9.17, 15) is 35.9 Å². The van der Waals surface area contributed by atoms with Gasteiger partial charge in [0.15, 0.2) is 0 Å². The van der Waals surface area contributed by atoms with Gasteiger partial charge in [0.1, 0.15) is 17.5 Å². The van der Waals surface area contributed by atoms with Gasteiger partial charge in [0.25, 0.3) is 5.56 Å². The summed E-state index contributed by atoms with van der Waals surface area (Å²) in [7, 11) is 0. The molecule has 0 radical (unpaired) electrons. The predicted molar refractivity (Wildman–Crippen MR) is 119 cm³/mol. The summed E-state index contributed by atoms with van der Waals surface area (Å²) in [4.78, 5) is 26.4. The SMILES string of the molecule is O=C(CNc1ccnn(CCCC(F)(F)F)c1=O)N1CCC(Oc2cc(C(F)(F)F)ccc2Cl)CC1. The molecule has 3 rings (SSSR count). The third-order valence-electron chi connectivity index (χ3n) is 5.52. The molecule has 0 atom stereocenters. The summed E-state index contributed by atoms with van der Waals surface area (Å²) in [5.74, 6) is -0.410. The maximum atomic E-state index is 12.9. The van der Waals surface area contributed by atoms with E-state index in [2.05, 4.69) is 10.4 Å². The molecule has 1 aliphatic heterocycles. The number of carbonyl (C=O) groups is 1. The van der Waals surface area contributed by atoms with Crippen LogP contribution < -0.4 is 15.6 Å². The predicted octanol–water partition coefficient (Wildman–Crippen LogP) is 4.74. The van der Waals surface area contributed by atoms with Crippen molar-refractivity contribution in [3.8, 4) is 5.75 Å². The lowest BCUT2D eigenvalue weighted by Gasteiger charge is -2.32. The van der Waals surface area contributed by atoms with E-state index in [1.165, 1.54) is 17.2 Å². The average Bonchev–Trinajstić information content (AvgIpc) is 2.79. The number of halogens is 7. The Bertz CT molecular complexity index is 1110. The van der Waals surface area contributed by atoms with Gasteiger partial charge in [-0.25, -0.2) is 4.68 Å². The molecule has 1 aliphatic rings. The Morgan fingerprint density at radius 3 is 2.47 bits per heavy atom. The molecule has 1 amide bonds. The van der Waals surface area contributed by atoms with Crippen LogP contribution in [0, 0.1) is 0 Å². The van der Waals surface area contributed by atoms with Crippen LogP contribution in [0.2, 0.25) is 5.02 Å². The van der Waals surface area contributed by atoms with Crippen LogP contribution >= 0.6 is 11.6 Å². The summed E-state index contributed by atoms with van der Waals surface area (Å²) in [5, 5.41) is 6.50. The molecule has 0 aliphatic carbocycles. The van der Waals surface area contributed by atoms with E-state index in [0.29, 0.717) is 12.8 Å². The number of carbonyl (C=O) groups excluding carboxylic acids is 1. The molecule has 1 fully saturated rings. The molecule has 2 heterocycles. The molecular weight excluding hydrogens is 518 g/mol. The van der Waals surface area contributed by atoms with Crippen molar-refractivity contribution < 1.29 is 35.9 Å². The van der Waals surface area contributed by atoms with Crippen LogP contribution in [-0.4, -0.2) is 52.5 Å². The second-order valence-electron chi connectivity index (χ2n) is 8.19. The molecular formula is C22H23ClF6N4O3. The highest BCUT2D eigenvalue weighted by atomic mass is 35.5. The van der Waals surface area contributed by atoms with Crippen molar-refractivity contribution in [3.05, 3.63) is 51.4 Å². The summed E-state index contributed by atoms with van der Waals surface area (Å²) in [6.07, 6.45) is -8.68. The molecule has 198 valence electrons. The van der Waals surface area contributed by atoms with E-state index >= 15 is 0 Å². The molecule has 36 heavy (non-hydrogen) atoms. The topological polar surface area (TPSA) is 76.5 Å². The summed E-state index contributed by atoms with van der Waals surface area (Å²) in [6.45, 7) is 0.109. The number of aromatic nitrogens is 2. The Labute approximate surface area is 207 Å². The Morgan fingerprint density at radius 2 is 1.83 bits per heavy atom. The average molecular weight is 541 g/mol. The van der Waals surface area contributed by atoms with Crippen LogP contribution in [-0.2, 0) is 17.5 Å². The number of ether oxygens (including phenoxy) is 1. The lowest BCUT2D eigenvalue weighted by Crippen LogP contribution is -2.44. The molecule has 0 unspecified atom stereocenters. The number of hydrogen-bond donors (Lipinski definition) is 1. The van der Waals surface area contributed by atoms with Crippen molar-refractivity contribution in [3.63, 3.8) is 0 Å². The Hall–Kier alpha value is -2.96. The lowest BCUT2D eigenvalue weighted by atomic mass is 10.1. The smallest absolute Gasteiger partial charge is 0.416 e. The first-order valence-corrected chi connectivity index (χ1v) is 11.4. The number of nitrogens with one attached hydrogen (secondary N) is 1. The molecule has 14 heteroatoms. The van der Waals surface area contributed by atoms with Gasteiger partial charge in [-0.05, 0) is 30.7 Å². The zero-order valence-electron chi connectivity index (χ0n) is 18.8. The van der Waals surface area contributed by atoms with Gasteiger partial charge in [-0.15, -0.1) is 0 Å². The van der Waals surface area contributed by atoms with Gasteiger partial charge < -0.3 is 15.0 Å². The molecule has 0 bridgehead atoms. The fourth-order valence-corrected chi connectivity index (χ4v) is 3.79. The van der Waals surface area contributed by atoms with Crippen molar-refractivity contribution in [1.29, 1.82) is 0 Å². The highest BCUT2D eigenvalue weighted by Gasteiger charge is 2.32. The number of alkyl halides is 6. The van der Waals surface area contributed by atoms with Gasteiger partial charge in [0, 0.05) is 45.1 Å². The van der Waals surface area contributed by atoms with Crippen LogP contribution in [0.3, 0.4) is 0 Å². The molecule has 1 saturated heterocycles. The fourth-order valence-electron chi connectivity index (χ4n) is 3.63. The number of hydrogen-bond acceptors (Lipinski definition) is 5. The first-order valence-electron chi connectivity index (χ1n) is 11.0. The number of aryl methyl sites for hydroxylation is 1. The highest BCUT2D eigenvalue weighted by molar-refractivity contribution is 6.32. The molecule has 1 N–H and O–H groups in total. The summed E-state index contributed by atoms with van der Waals surface area (Å²) < 4.78 is 82.3. The first-order chi connectivity index (χ1) is 16.8. The van der Waals surface area contributed by atoms with Gasteiger partial charge in [-0.3, -0.25) is 9.59 Å². The Kier molecular flexibility index (Phi) is 8.75. The molecule has 0 spiro atoms. The zero-order chi connectivity index (χ0) is 26.5. The van der Waals surface area contributed by atoms with Gasteiger partial charge >= 0.3 is 12.4 Å². The Balaban J connectivity index is 1.49. The third kappa shape index (κ3) is 7.77. The van der Waals surface area contributed by atoms with E-state index in [4.69, 9.17) is 16.3 Å². The second-order valence-corrected chi connectivity index (χ2v) is 8.59. The fraction of sp³-hybridized carbons (Fsp3) is 0.500. The quantitative estimate of drug-likeness (QED) is 0.490. The van der Waals surface area contributed by atoms with Crippen molar-refractivity contribution in [2.45, 2.75) is 50.7 Å². The minimum absolute atomic E-state index is 0.0303. The molecule has 1 aromatic carbocycles.